The molecule has 3 heteroatoms. The van der Waals surface area contributed by atoms with E-state index in [1.807, 2.05) is 18.2 Å². The first-order chi connectivity index (χ1) is 8.11. The second-order valence-electron chi connectivity index (χ2n) is 4.78. The third-order valence-corrected chi connectivity index (χ3v) is 3.60. The van der Waals surface area contributed by atoms with Crippen LogP contribution in [0.5, 0.6) is 0 Å². The van der Waals surface area contributed by atoms with Gasteiger partial charge in [-0.3, -0.25) is 0 Å². The molecule has 1 heterocycles. The largest absolute Gasteiger partial charge is 0.389 e. The fourth-order valence-electron chi connectivity index (χ4n) is 2.57. The van der Waals surface area contributed by atoms with Crippen LogP contribution in [0.25, 0.3) is 0 Å². The van der Waals surface area contributed by atoms with Crippen molar-refractivity contribution in [1.29, 1.82) is 0 Å². The number of aliphatic hydroxyl groups excluding tert-OH is 1. The molecule has 0 aliphatic carbocycles. The lowest BCUT2D eigenvalue weighted by Gasteiger charge is -2.31. The van der Waals surface area contributed by atoms with Crippen molar-refractivity contribution >= 4 is 5.69 Å². The number of likely N-dealkylation sites (N-methyl/N-ethyl adjacent to an activating group) is 1. The Kier molecular flexibility index (Phi) is 3.69. The molecule has 0 amide bonds. The quantitative estimate of drug-likeness (QED) is 0.873. The van der Waals surface area contributed by atoms with Gasteiger partial charge in [-0.1, -0.05) is 18.2 Å². The lowest BCUT2D eigenvalue weighted by molar-refractivity contribution is 0.118. The van der Waals surface area contributed by atoms with Crippen molar-refractivity contribution in [3.05, 3.63) is 29.8 Å². The summed E-state index contributed by atoms with van der Waals surface area (Å²) < 4.78 is 5.60. The van der Waals surface area contributed by atoms with Crippen LogP contribution in [0.3, 0.4) is 0 Å². The maximum Gasteiger partial charge on any atom is 0.0781 e. The van der Waals surface area contributed by atoms with Crippen LogP contribution < -0.4 is 4.90 Å². The summed E-state index contributed by atoms with van der Waals surface area (Å²) in [5.41, 5.74) is 2.08. The molecule has 1 N–H and O–H groups in total. The first-order valence-electron chi connectivity index (χ1n) is 6.22. The lowest BCUT2D eigenvalue weighted by Crippen LogP contribution is -2.37. The molecule has 0 spiro atoms. The van der Waals surface area contributed by atoms with Crippen LogP contribution >= 0.6 is 0 Å². The highest BCUT2D eigenvalue weighted by Gasteiger charge is 2.29. The Morgan fingerprint density at radius 3 is 2.71 bits per heavy atom. The fraction of sp³-hybridized carbons (Fsp3) is 0.571. The fourth-order valence-corrected chi connectivity index (χ4v) is 2.57. The van der Waals surface area contributed by atoms with Gasteiger partial charge in [0.2, 0.25) is 0 Å². The molecule has 1 aromatic rings. The molecule has 1 aromatic carbocycles. The molecule has 0 radical (unpaired) electrons. The van der Waals surface area contributed by atoms with E-state index in [0.717, 1.165) is 24.3 Å². The smallest absolute Gasteiger partial charge is 0.0781 e. The normalized spacial score (nSPS) is 25.9. The van der Waals surface area contributed by atoms with E-state index >= 15 is 0 Å². The minimum atomic E-state index is -0.439. The van der Waals surface area contributed by atoms with Gasteiger partial charge in [0, 0.05) is 24.9 Å². The van der Waals surface area contributed by atoms with E-state index in [0.29, 0.717) is 6.04 Å². The van der Waals surface area contributed by atoms with E-state index < -0.39 is 6.10 Å². The SMILES string of the molecule is CC1OCCC1N(C)c1ccccc1[C@H](C)O. The summed E-state index contributed by atoms with van der Waals surface area (Å²) in [4.78, 5) is 2.24. The molecule has 3 nitrogen and oxygen atoms in total. The number of anilines is 1. The number of rotatable bonds is 3. The minimum Gasteiger partial charge on any atom is -0.389 e. The maximum atomic E-state index is 9.80. The molecule has 94 valence electrons. The number of ether oxygens (including phenoxy) is 1. The monoisotopic (exact) mass is 235 g/mol. The summed E-state index contributed by atoms with van der Waals surface area (Å²) in [5.74, 6) is 0. The van der Waals surface area contributed by atoms with Crippen molar-refractivity contribution in [2.45, 2.75) is 38.5 Å². The van der Waals surface area contributed by atoms with Gasteiger partial charge < -0.3 is 14.7 Å². The Morgan fingerprint density at radius 1 is 1.41 bits per heavy atom. The Balaban J connectivity index is 2.27. The molecular formula is C14H21NO2. The van der Waals surface area contributed by atoms with Gasteiger partial charge in [0.15, 0.2) is 0 Å². The number of nitrogens with zero attached hydrogens (tertiary/aromatic N) is 1. The van der Waals surface area contributed by atoms with Gasteiger partial charge in [-0.05, 0) is 26.3 Å². The van der Waals surface area contributed by atoms with E-state index in [4.69, 9.17) is 4.74 Å². The van der Waals surface area contributed by atoms with E-state index in [1.54, 1.807) is 6.92 Å². The molecule has 3 atom stereocenters. The van der Waals surface area contributed by atoms with Crippen LogP contribution in [0.2, 0.25) is 0 Å². The molecule has 0 bridgehead atoms. The van der Waals surface area contributed by atoms with Crippen molar-refractivity contribution in [3.8, 4) is 0 Å². The van der Waals surface area contributed by atoms with Crippen LogP contribution in [0, 0.1) is 0 Å². The van der Waals surface area contributed by atoms with Crippen LogP contribution in [-0.2, 0) is 4.74 Å². The van der Waals surface area contributed by atoms with Gasteiger partial charge in [0.1, 0.15) is 0 Å². The number of benzene rings is 1. The summed E-state index contributed by atoms with van der Waals surface area (Å²) in [6, 6.07) is 8.42. The van der Waals surface area contributed by atoms with Gasteiger partial charge in [-0.2, -0.15) is 0 Å². The predicted octanol–water partition coefficient (Wildman–Crippen LogP) is 2.35. The first kappa shape index (κ1) is 12.4. The Labute approximate surface area is 103 Å². The summed E-state index contributed by atoms with van der Waals surface area (Å²) in [7, 11) is 2.08. The van der Waals surface area contributed by atoms with Gasteiger partial charge >= 0.3 is 0 Å². The van der Waals surface area contributed by atoms with E-state index in [9.17, 15) is 5.11 Å². The Hall–Kier alpha value is -1.06. The zero-order chi connectivity index (χ0) is 12.4. The van der Waals surface area contributed by atoms with Crippen molar-refractivity contribution in [1.82, 2.24) is 0 Å². The third kappa shape index (κ3) is 2.45. The topological polar surface area (TPSA) is 32.7 Å². The van der Waals surface area contributed by atoms with Crippen molar-refractivity contribution in [2.75, 3.05) is 18.6 Å². The zero-order valence-corrected chi connectivity index (χ0v) is 10.8. The average molecular weight is 235 g/mol. The Bertz CT molecular complexity index is 378. The molecule has 17 heavy (non-hydrogen) atoms. The van der Waals surface area contributed by atoms with Crippen LogP contribution in [0.4, 0.5) is 5.69 Å². The summed E-state index contributed by atoms with van der Waals surface area (Å²) in [6.45, 7) is 4.74. The standard InChI is InChI=1S/C14H21NO2/c1-10(16)12-6-4-5-7-14(12)15(3)13-8-9-17-11(13)2/h4-7,10-11,13,16H,8-9H2,1-3H3/t10-,11?,13?/m0/s1. The highest BCUT2D eigenvalue weighted by Crippen LogP contribution is 2.30. The second-order valence-corrected chi connectivity index (χ2v) is 4.78. The van der Waals surface area contributed by atoms with E-state index in [1.165, 1.54) is 0 Å². The number of para-hydroxylation sites is 1. The molecule has 2 rings (SSSR count). The van der Waals surface area contributed by atoms with Gasteiger partial charge in [0.25, 0.3) is 0 Å². The molecule has 1 aliphatic rings. The second kappa shape index (κ2) is 5.07. The molecule has 1 aliphatic heterocycles. The van der Waals surface area contributed by atoms with Gasteiger partial charge in [0.05, 0.1) is 18.2 Å². The summed E-state index contributed by atoms with van der Waals surface area (Å²) in [6.07, 6.45) is 0.861. The molecule has 0 aromatic heterocycles. The maximum absolute atomic E-state index is 9.80. The molecule has 1 fully saturated rings. The number of hydrogen-bond donors (Lipinski definition) is 1. The van der Waals surface area contributed by atoms with Crippen LogP contribution in [0.15, 0.2) is 24.3 Å². The molecule has 2 unspecified atom stereocenters. The summed E-state index contributed by atoms with van der Waals surface area (Å²) in [5, 5.41) is 9.80. The highest BCUT2D eigenvalue weighted by atomic mass is 16.5. The van der Waals surface area contributed by atoms with Crippen molar-refractivity contribution in [2.24, 2.45) is 0 Å². The Morgan fingerprint density at radius 2 is 2.12 bits per heavy atom. The zero-order valence-electron chi connectivity index (χ0n) is 10.8. The van der Waals surface area contributed by atoms with Crippen molar-refractivity contribution in [3.63, 3.8) is 0 Å². The lowest BCUT2D eigenvalue weighted by atomic mass is 10.0. The molecule has 0 saturated carbocycles. The first-order valence-corrected chi connectivity index (χ1v) is 6.22. The third-order valence-electron chi connectivity index (χ3n) is 3.60. The van der Waals surface area contributed by atoms with Crippen molar-refractivity contribution < 1.29 is 9.84 Å². The predicted molar refractivity (Wildman–Crippen MR) is 69.3 cm³/mol. The molecule has 1 saturated heterocycles. The molecular weight excluding hydrogens is 214 g/mol. The van der Waals surface area contributed by atoms with Crippen LogP contribution in [-0.4, -0.2) is 30.9 Å². The average Bonchev–Trinajstić information content (AvgIpc) is 2.74. The van der Waals surface area contributed by atoms with Gasteiger partial charge in [-0.15, -0.1) is 0 Å². The van der Waals surface area contributed by atoms with Gasteiger partial charge in [-0.25, -0.2) is 0 Å². The van der Waals surface area contributed by atoms with E-state index in [2.05, 4.69) is 24.9 Å². The number of aliphatic hydroxyl groups is 1. The minimum absolute atomic E-state index is 0.252. The highest BCUT2D eigenvalue weighted by molar-refractivity contribution is 5.55. The van der Waals surface area contributed by atoms with Crippen LogP contribution in [0.1, 0.15) is 31.9 Å². The number of hydrogen-bond acceptors (Lipinski definition) is 3. The summed E-state index contributed by atoms with van der Waals surface area (Å²) >= 11 is 0. The van der Waals surface area contributed by atoms with E-state index in [-0.39, 0.29) is 6.10 Å².